The van der Waals surface area contributed by atoms with Gasteiger partial charge in [0.1, 0.15) is 11.4 Å². The normalized spacial score (nSPS) is 13.4. The van der Waals surface area contributed by atoms with E-state index in [9.17, 15) is 9.65 Å². The van der Waals surface area contributed by atoms with Crippen LogP contribution in [0.5, 0.6) is 0 Å². The second kappa shape index (κ2) is 6.56. The number of hydrogen-bond donors (Lipinski definition) is 1. The van der Waals surface area contributed by atoms with E-state index in [4.69, 9.17) is 0 Å². The molecule has 2 aromatic rings. The van der Waals surface area contributed by atoms with Crippen LogP contribution in [0.2, 0.25) is 0 Å². The molecule has 0 aliphatic carbocycles. The highest BCUT2D eigenvalue weighted by Crippen LogP contribution is 2.30. The predicted octanol–water partition coefficient (Wildman–Crippen LogP) is 3.56. The SMILES string of the molecule is CNC(C#N)(CSc1ccccc1F)c1ccccc1. The van der Waals surface area contributed by atoms with Crippen molar-refractivity contribution in [2.75, 3.05) is 12.8 Å². The smallest absolute Gasteiger partial charge is 0.141 e. The Balaban J connectivity index is 2.23. The van der Waals surface area contributed by atoms with Crippen molar-refractivity contribution in [2.24, 2.45) is 0 Å². The van der Waals surface area contributed by atoms with Gasteiger partial charge < -0.3 is 0 Å². The molecule has 0 aromatic heterocycles. The van der Waals surface area contributed by atoms with E-state index >= 15 is 0 Å². The number of halogens is 1. The topological polar surface area (TPSA) is 35.8 Å². The highest BCUT2D eigenvalue weighted by Gasteiger charge is 2.30. The summed E-state index contributed by atoms with van der Waals surface area (Å²) in [6, 6.07) is 18.4. The molecule has 102 valence electrons. The Morgan fingerprint density at radius 2 is 1.80 bits per heavy atom. The Morgan fingerprint density at radius 3 is 2.40 bits per heavy atom. The molecular formula is C16H15FN2S. The number of nitrogens with one attached hydrogen (secondary N) is 1. The fourth-order valence-electron chi connectivity index (χ4n) is 1.92. The first-order valence-corrected chi connectivity index (χ1v) is 7.23. The van der Waals surface area contributed by atoms with E-state index < -0.39 is 5.54 Å². The van der Waals surface area contributed by atoms with Crippen molar-refractivity contribution in [3.05, 3.63) is 66.0 Å². The molecule has 4 heteroatoms. The van der Waals surface area contributed by atoms with Gasteiger partial charge in [0, 0.05) is 10.6 Å². The predicted molar refractivity (Wildman–Crippen MR) is 79.9 cm³/mol. The third-order valence-electron chi connectivity index (χ3n) is 3.17. The Bertz CT molecular complexity index is 609. The van der Waals surface area contributed by atoms with Crippen LogP contribution in [0.1, 0.15) is 5.56 Å². The van der Waals surface area contributed by atoms with Crippen LogP contribution < -0.4 is 5.32 Å². The average Bonchev–Trinajstić information content (AvgIpc) is 2.51. The first kappa shape index (κ1) is 14.6. The Morgan fingerprint density at radius 1 is 1.15 bits per heavy atom. The summed E-state index contributed by atoms with van der Waals surface area (Å²) in [5, 5.41) is 12.6. The van der Waals surface area contributed by atoms with Gasteiger partial charge in [0.05, 0.1) is 6.07 Å². The Kier molecular flexibility index (Phi) is 4.78. The zero-order valence-electron chi connectivity index (χ0n) is 11.1. The molecule has 0 amide bonds. The lowest BCUT2D eigenvalue weighted by atomic mass is 9.94. The second-order valence-electron chi connectivity index (χ2n) is 4.35. The van der Waals surface area contributed by atoms with Crippen LogP contribution in [-0.2, 0) is 5.54 Å². The molecule has 2 aromatic carbocycles. The van der Waals surface area contributed by atoms with Gasteiger partial charge in [-0.2, -0.15) is 5.26 Å². The minimum atomic E-state index is -0.825. The molecule has 0 bridgehead atoms. The minimum Gasteiger partial charge on any atom is -0.298 e. The number of benzene rings is 2. The van der Waals surface area contributed by atoms with Crippen molar-refractivity contribution in [3.8, 4) is 6.07 Å². The van der Waals surface area contributed by atoms with Gasteiger partial charge in [0.15, 0.2) is 0 Å². The first-order chi connectivity index (χ1) is 9.72. The fourth-order valence-corrected chi connectivity index (χ4v) is 3.05. The minimum absolute atomic E-state index is 0.256. The van der Waals surface area contributed by atoms with Gasteiger partial charge in [0.25, 0.3) is 0 Å². The monoisotopic (exact) mass is 286 g/mol. The Hall–Kier alpha value is -1.83. The molecule has 0 radical (unpaired) electrons. The summed E-state index contributed by atoms with van der Waals surface area (Å²) in [5.74, 6) is 0.179. The lowest BCUT2D eigenvalue weighted by Crippen LogP contribution is -2.41. The standard InChI is InChI=1S/C16H15FN2S/c1-19-16(11-18,13-7-3-2-4-8-13)12-20-15-10-6-5-9-14(15)17/h2-10,19H,12H2,1H3. The van der Waals surface area contributed by atoms with Crippen LogP contribution >= 0.6 is 11.8 Å². The van der Waals surface area contributed by atoms with Crippen molar-refractivity contribution in [2.45, 2.75) is 10.4 Å². The van der Waals surface area contributed by atoms with Gasteiger partial charge in [-0.05, 0) is 24.7 Å². The highest BCUT2D eigenvalue weighted by atomic mass is 32.2. The van der Waals surface area contributed by atoms with E-state index in [2.05, 4.69) is 11.4 Å². The molecule has 0 aliphatic rings. The third kappa shape index (κ3) is 3.01. The van der Waals surface area contributed by atoms with E-state index in [1.807, 2.05) is 30.3 Å². The van der Waals surface area contributed by atoms with Gasteiger partial charge in [-0.3, -0.25) is 5.32 Å². The van der Waals surface area contributed by atoms with Crippen molar-refractivity contribution in [1.29, 1.82) is 5.26 Å². The molecule has 0 saturated carbocycles. The highest BCUT2D eigenvalue weighted by molar-refractivity contribution is 7.99. The summed E-state index contributed by atoms with van der Waals surface area (Å²) in [6.45, 7) is 0. The summed E-state index contributed by atoms with van der Waals surface area (Å²) in [5.41, 5.74) is 0.0580. The summed E-state index contributed by atoms with van der Waals surface area (Å²) in [6.07, 6.45) is 0. The zero-order valence-corrected chi connectivity index (χ0v) is 12.0. The van der Waals surface area contributed by atoms with Gasteiger partial charge in [-0.15, -0.1) is 11.8 Å². The molecular weight excluding hydrogens is 271 g/mol. The largest absolute Gasteiger partial charge is 0.298 e. The maximum Gasteiger partial charge on any atom is 0.141 e. The van der Waals surface area contributed by atoms with Gasteiger partial charge in [-0.1, -0.05) is 42.5 Å². The fraction of sp³-hybridized carbons (Fsp3) is 0.188. The zero-order chi connectivity index (χ0) is 14.4. The molecule has 0 spiro atoms. The number of rotatable bonds is 5. The van der Waals surface area contributed by atoms with Crippen LogP contribution in [0.25, 0.3) is 0 Å². The van der Waals surface area contributed by atoms with E-state index in [0.717, 1.165) is 5.56 Å². The van der Waals surface area contributed by atoms with Crippen molar-refractivity contribution in [1.82, 2.24) is 5.32 Å². The quantitative estimate of drug-likeness (QED) is 0.854. The molecule has 0 fully saturated rings. The maximum absolute atomic E-state index is 13.7. The van der Waals surface area contributed by atoms with Crippen molar-refractivity contribution >= 4 is 11.8 Å². The molecule has 0 aliphatic heterocycles. The molecule has 0 saturated heterocycles. The van der Waals surface area contributed by atoms with Gasteiger partial charge in [-0.25, -0.2) is 4.39 Å². The summed E-state index contributed by atoms with van der Waals surface area (Å²) in [7, 11) is 1.75. The number of thioether (sulfide) groups is 1. The van der Waals surface area contributed by atoms with E-state index in [1.165, 1.54) is 17.8 Å². The van der Waals surface area contributed by atoms with E-state index in [0.29, 0.717) is 10.6 Å². The van der Waals surface area contributed by atoms with Crippen LogP contribution in [0.4, 0.5) is 4.39 Å². The average molecular weight is 286 g/mol. The summed E-state index contributed by atoms with van der Waals surface area (Å²) in [4.78, 5) is 0.554. The molecule has 20 heavy (non-hydrogen) atoms. The van der Waals surface area contributed by atoms with Crippen LogP contribution in [0.3, 0.4) is 0 Å². The lowest BCUT2D eigenvalue weighted by Gasteiger charge is -2.26. The molecule has 1 N–H and O–H groups in total. The molecule has 2 nitrogen and oxygen atoms in total. The van der Waals surface area contributed by atoms with Gasteiger partial charge in [0.2, 0.25) is 0 Å². The molecule has 0 heterocycles. The third-order valence-corrected chi connectivity index (χ3v) is 4.38. The van der Waals surface area contributed by atoms with Crippen molar-refractivity contribution in [3.63, 3.8) is 0 Å². The Labute approximate surface area is 122 Å². The molecule has 2 rings (SSSR count). The van der Waals surface area contributed by atoms with Crippen LogP contribution in [0.15, 0.2) is 59.5 Å². The van der Waals surface area contributed by atoms with Crippen LogP contribution in [0, 0.1) is 17.1 Å². The molecule has 1 unspecified atom stereocenters. The van der Waals surface area contributed by atoms with E-state index in [1.54, 1.807) is 25.2 Å². The van der Waals surface area contributed by atoms with E-state index in [-0.39, 0.29) is 5.82 Å². The lowest BCUT2D eigenvalue weighted by molar-refractivity contribution is 0.527. The summed E-state index contributed by atoms with van der Waals surface area (Å²) >= 11 is 1.34. The maximum atomic E-state index is 13.7. The van der Waals surface area contributed by atoms with Crippen LogP contribution in [-0.4, -0.2) is 12.8 Å². The second-order valence-corrected chi connectivity index (χ2v) is 5.37. The summed E-state index contributed by atoms with van der Waals surface area (Å²) < 4.78 is 13.7. The van der Waals surface area contributed by atoms with Crippen molar-refractivity contribution < 1.29 is 4.39 Å². The molecule has 1 atom stereocenters. The first-order valence-electron chi connectivity index (χ1n) is 6.25. The number of hydrogen-bond acceptors (Lipinski definition) is 3. The van der Waals surface area contributed by atoms with Gasteiger partial charge >= 0.3 is 0 Å². The number of nitriles is 1. The number of nitrogens with zero attached hydrogens (tertiary/aromatic N) is 1.